The Balaban J connectivity index is 2.45. The number of benzene rings is 1. The van der Waals surface area contributed by atoms with Crippen LogP contribution in [0.3, 0.4) is 0 Å². The summed E-state index contributed by atoms with van der Waals surface area (Å²) in [6, 6.07) is 9.67. The molecule has 0 aromatic heterocycles. The van der Waals surface area contributed by atoms with Crippen LogP contribution in [0.4, 0.5) is 0 Å². The van der Waals surface area contributed by atoms with Crippen molar-refractivity contribution in [2.45, 2.75) is 18.9 Å². The maximum atomic E-state index is 10.7. The van der Waals surface area contributed by atoms with Gasteiger partial charge in [-0.3, -0.25) is 0 Å². The van der Waals surface area contributed by atoms with Gasteiger partial charge in [0.05, 0.1) is 12.7 Å². The number of nitriles is 1. The van der Waals surface area contributed by atoms with E-state index in [4.69, 9.17) is 4.74 Å². The molecule has 3 nitrogen and oxygen atoms in total. The summed E-state index contributed by atoms with van der Waals surface area (Å²) in [5.74, 6) is 0. The molecule has 1 aromatic rings. The van der Waals surface area contributed by atoms with Gasteiger partial charge in [-0.1, -0.05) is 28.1 Å². The molecule has 0 bridgehead atoms. The van der Waals surface area contributed by atoms with Gasteiger partial charge < -0.3 is 9.84 Å². The molecule has 1 aliphatic rings. The average Bonchev–Trinajstić information content (AvgIpc) is 2.79. The molecule has 4 heteroatoms. The molecule has 1 saturated heterocycles. The molecule has 2 rings (SSSR count). The SMILES string of the molecule is CC(O)(c1cccc(Br)c1)C1(C#N)CCOC1. The van der Waals surface area contributed by atoms with Crippen LogP contribution in [-0.2, 0) is 10.3 Å². The van der Waals surface area contributed by atoms with Crippen LogP contribution in [0.1, 0.15) is 18.9 Å². The normalized spacial score (nSPS) is 27.4. The van der Waals surface area contributed by atoms with E-state index in [2.05, 4.69) is 22.0 Å². The molecule has 1 heterocycles. The van der Waals surface area contributed by atoms with E-state index in [1.165, 1.54) is 0 Å². The van der Waals surface area contributed by atoms with Gasteiger partial charge in [-0.2, -0.15) is 5.26 Å². The summed E-state index contributed by atoms with van der Waals surface area (Å²) in [6.07, 6.45) is 0.559. The molecule has 0 amide bonds. The zero-order valence-corrected chi connectivity index (χ0v) is 11.2. The first-order valence-electron chi connectivity index (χ1n) is 5.49. The Hall–Kier alpha value is -0.890. The molecule has 1 aliphatic heterocycles. The van der Waals surface area contributed by atoms with E-state index in [1.54, 1.807) is 6.92 Å². The van der Waals surface area contributed by atoms with Crippen LogP contribution in [0.15, 0.2) is 28.7 Å². The van der Waals surface area contributed by atoms with Gasteiger partial charge in [0.1, 0.15) is 11.0 Å². The van der Waals surface area contributed by atoms with E-state index < -0.39 is 11.0 Å². The van der Waals surface area contributed by atoms with E-state index >= 15 is 0 Å². The minimum atomic E-state index is -1.21. The Morgan fingerprint density at radius 2 is 2.35 bits per heavy atom. The maximum absolute atomic E-state index is 10.7. The lowest BCUT2D eigenvalue weighted by atomic mass is 9.70. The second-order valence-corrected chi connectivity index (χ2v) is 5.49. The Labute approximate surface area is 109 Å². The molecule has 90 valence electrons. The quantitative estimate of drug-likeness (QED) is 0.912. The van der Waals surface area contributed by atoms with Gasteiger partial charge in [-0.25, -0.2) is 0 Å². The first-order chi connectivity index (χ1) is 8.02. The molecule has 1 N–H and O–H groups in total. The van der Waals surface area contributed by atoms with E-state index in [1.807, 2.05) is 24.3 Å². The van der Waals surface area contributed by atoms with E-state index in [0.29, 0.717) is 13.0 Å². The lowest BCUT2D eigenvalue weighted by molar-refractivity contribution is -0.0482. The lowest BCUT2D eigenvalue weighted by Crippen LogP contribution is -2.43. The Kier molecular flexibility index (Phi) is 3.26. The highest BCUT2D eigenvalue weighted by Crippen LogP contribution is 2.45. The first-order valence-corrected chi connectivity index (χ1v) is 6.29. The number of hydrogen-bond donors (Lipinski definition) is 1. The van der Waals surface area contributed by atoms with Crippen LogP contribution < -0.4 is 0 Å². The first kappa shape index (κ1) is 12.6. The fourth-order valence-electron chi connectivity index (χ4n) is 2.21. The fourth-order valence-corrected chi connectivity index (χ4v) is 2.61. The van der Waals surface area contributed by atoms with Crippen LogP contribution >= 0.6 is 15.9 Å². The number of rotatable bonds is 2. The zero-order chi connectivity index (χ0) is 12.5. The third kappa shape index (κ3) is 1.99. The van der Waals surface area contributed by atoms with Gasteiger partial charge in [0.25, 0.3) is 0 Å². The summed E-state index contributed by atoms with van der Waals surface area (Å²) in [6.45, 7) is 2.49. The lowest BCUT2D eigenvalue weighted by Gasteiger charge is -2.36. The Morgan fingerprint density at radius 3 is 2.88 bits per heavy atom. The summed E-state index contributed by atoms with van der Waals surface area (Å²) in [7, 11) is 0. The van der Waals surface area contributed by atoms with Crippen molar-refractivity contribution in [1.29, 1.82) is 5.26 Å². The minimum Gasteiger partial charge on any atom is -0.384 e. The molecular weight excluding hydrogens is 282 g/mol. The second-order valence-electron chi connectivity index (χ2n) is 4.58. The van der Waals surface area contributed by atoms with Gasteiger partial charge in [-0.15, -0.1) is 0 Å². The summed E-state index contributed by atoms with van der Waals surface area (Å²) in [4.78, 5) is 0. The molecule has 0 radical (unpaired) electrons. The van der Waals surface area contributed by atoms with Gasteiger partial charge in [0.2, 0.25) is 0 Å². The van der Waals surface area contributed by atoms with Crippen molar-refractivity contribution >= 4 is 15.9 Å². The topological polar surface area (TPSA) is 53.2 Å². The van der Waals surface area contributed by atoms with Crippen LogP contribution in [0.25, 0.3) is 0 Å². The molecule has 17 heavy (non-hydrogen) atoms. The standard InChI is InChI=1S/C13H14BrNO2/c1-12(16,10-3-2-4-11(14)7-10)13(8-15)5-6-17-9-13/h2-4,7,16H,5-6,9H2,1H3. The van der Waals surface area contributed by atoms with Crippen molar-refractivity contribution < 1.29 is 9.84 Å². The highest BCUT2D eigenvalue weighted by molar-refractivity contribution is 9.10. The molecule has 0 saturated carbocycles. The summed E-state index contributed by atoms with van der Waals surface area (Å²) >= 11 is 3.38. The van der Waals surface area contributed by atoms with E-state index in [-0.39, 0.29) is 6.61 Å². The van der Waals surface area contributed by atoms with Crippen LogP contribution in [0, 0.1) is 16.7 Å². The maximum Gasteiger partial charge on any atom is 0.115 e. The second kappa shape index (κ2) is 4.41. The number of ether oxygens (including phenoxy) is 1. The van der Waals surface area contributed by atoms with Crippen molar-refractivity contribution in [2.75, 3.05) is 13.2 Å². The number of nitrogens with zero attached hydrogens (tertiary/aromatic N) is 1. The van der Waals surface area contributed by atoms with Gasteiger partial charge in [0.15, 0.2) is 0 Å². The van der Waals surface area contributed by atoms with Gasteiger partial charge >= 0.3 is 0 Å². The predicted molar refractivity (Wildman–Crippen MR) is 67.2 cm³/mol. The molecule has 2 atom stereocenters. The van der Waals surface area contributed by atoms with Gasteiger partial charge in [-0.05, 0) is 31.0 Å². The molecular formula is C13H14BrNO2. The van der Waals surface area contributed by atoms with Crippen molar-refractivity contribution in [3.05, 3.63) is 34.3 Å². The fraction of sp³-hybridized carbons (Fsp3) is 0.462. The molecule has 2 unspecified atom stereocenters. The predicted octanol–water partition coefficient (Wildman–Crippen LogP) is 2.59. The molecule has 0 spiro atoms. The van der Waals surface area contributed by atoms with Crippen molar-refractivity contribution in [2.24, 2.45) is 5.41 Å². The van der Waals surface area contributed by atoms with Crippen LogP contribution in [0.2, 0.25) is 0 Å². The van der Waals surface area contributed by atoms with Crippen LogP contribution in [0.5, 0.6) is 0 Å². The smallest absolute Gasteiger partial charge is 0.115 e. The van der Waals surface area contributed by atoms with E-state index in [9.17, 15) is 10.4 Å². The third-order valence-corrected chi connectivity index (χ3v) is 4.05. The van der Waals surface area contributed by atoms with Gasteiger partial charge in [0, 0.05) is 11.1 Å². The molecule has 0 aliphatic carbocycles. The summed E-state index contributed by atoms with van der Waals surface area (Å²) in [5, 5.41) is 20.1. The third-order valence-electron chi connectivity index (χ3n) is 3.55. The molecule has 1 aromatic carbocycles. The monoisotopic (exact) mass is 295 g/mol. The van der Waals surface area contributed by atoms with E-state index in [0.717, 1.165) is 10.0 Å². The highest BCUT2D eigenvalue weighted by atomic mass is 79.9. The number of aliphatic hydroxyl groups is 1. The Morgan fingerprint density at radius 1 is 1.59 bits per heavy atom. The number of halogens is 1. The average molecular weight is 296 g/mol. The largest absolute Gasteiger partial charge is 0.384 e. The van der Waals surface area contributed by atoms with Crippen LogP contribution in [-0.4, -0.2) is 18.3 Å². The zero-order valence-electron chi connectivity index (χ0n) is 9.61. The minimum absolute atomic E-state index is 0.281. The molecule has 1 fully saturated rings. The summed E-state index contributed by atoms with van der Waals surface area (Å²) < 4.78 is 6.19. The highest BCUT2D eigenvalue weighted by Gasteiger charge is 2.51. The van der Waals surface area contributed by atoms with Crippen molar-refractivity contribution in [1.82, 2.24) is 0 Å². The number of hydrogen-bond acceptors (Lipinski definition) is 3. The summed E-state index contributed by atoms with van der Waals surface area (Å²) in [5.41, 5.74) is -1.32. The van der Waals surface area contributed by atoms with Crippen molar-refractivity contribution in [3.8, 4) is 6.07 Å². The Bertz CT molecular complexity index is 459. The van der Waals surface area contributed by atoms with Crippen molar-refractivity contribution in [3.63, 3.8) is 0 Å².